The normalized spacial score (nSPS) is 18.0. The number of ether oxygens (including phenoxy) is 2. The second-order valence-electron chi connectivity index (χ2n) is 7.93. The number of hydrogen-bond donors (Lipinski definition) is 0. The van der Waals surface area contributed by atoms with Crippen LogP contribution in [0.5, 0.6) is 0 Å². The van der Waals surface area contributed by atoms with E-state index < -0.39 is 5.79 Å². The number of nitrogens with zero attached hydrogens (tertiary/aromatic N) is 1. The monoisotopic (exact) mass is 347 g/mol. The summed E-state index contributed by atoms with van der Waals surface area (Å²) in [7, 11) is 2.15. The van der Waals surface area contributed by atoms with Gasteiger partial charge in [0.1, 0.15) is 0 Å². The van der Waals surface area contributed by atoms with Crippen LogP contribution in [0, 0.1) is 0 Å². The Morgan fingerprint density at radius 1 is 0.920 bits per heavy atom. The predicted molar refractivity (Wildman–Crippen MR) is 105 cm³/mol. The fourth-order valence-corrected chi connectivity index (χ4v) is 3.28. The molecular weight excluding hydrogens is 310 g/mol. The van der Waals surface area contributed by atoms with E-state index in [-0.39, 0.29) is 0 Å². The van der Waals surface area contributed by atoms with E-state index in [1.807, 2.05) is 13.8 Å². The van der Waals surface area contributed by atoms with E-state index in [1.54, 1.807) is 0 Å². The van der Waals surface area contributed by atoms with Crippen molar-refractivity contribution >= 4 is 0 Å². The van der Waals surface area contributed by atoms with Crippen LogP contribution in [0.2, 0.25) is 0 Å². The van der Waals surface area contributed by atoms with E-state index in [1.165, 1.54) is 56.1 Å². The molecule has 1 heterocycles. The Hall–Kier alpha value is -0.900. The van der Waals surface area contributed by atoms with Crippen molar-refractivity contribution in [3.8, 4) is 0 Å². The molecule has 3 heteroatoms. The van der Waals surface area contributed by atoms with Crippen molar-refractivity contribution < 1.29 is 9.47 Å². The van der Waals surface area contributed by atoms with Gasteiger partial charge in [-0.3, -0.25) is 4.90 Å². The quantitative estimate of drug-likeness (QED) is 0.545. The molecule has 0 radical (unpaired) electrons. The highest BCUT2D eigenvalue weighted by atomic mass is 16.7. The van der Waals surface area contributed by atoms with Gasteiger partial charge in [0, 0.05) is 6.54 Å². The molecule has 0 atom stereocenters. The van der Waals surface area contributed by atoms with Gasteiger partial charge in [-0.1, -0.05) is 63.3 Å². The highest BCUT2D eigenvalue weighted by Gasteiger charge is 2.30. The van der Waals surface area contributed by atoms with Gasteiger partial charge in [-0.25, -0.2) is 0 Å². The maximum absolute atomic E-state index is 5.77. The number of likely N-dealkylation sites (N-methyl/N-ethyl adjacent to an activating group) is 1. The molecule has 0 saturated carbocycles. The smallest absolute Gasteiger partial charge is 0.162 e. The zero-order valence-corrected chi connectivity index (χ0v) is 16.7. The first-order chi connectivity index (χ1) is 12.0. The van der Waals surface area contributed by atoms with Crippen LogP contribution >= 0.6 is 0 Å². The number of rotatable bonds is 10. The van der Waals surface area contributed by atoms with Crippen molar-refractivity contribution in [2.45, 2.75) is 84.1 Å². The molecular formula is C22H37NO2. The lowest BCUT2D eigenvalue weighted by atomic mass is 10.0. The zero-order chi connectivity index (χ0) is 18.1. The van der Waals surface area contributed by atoms with E-state index in [0.29, 0.717) is 6.04 Å². The molecule has 0 N–H and O–H groups in total. The van der Waals surface area contributed by atoms with E-state index >= 15 is 0 Å². The predicted octanol–water partition coefficient (Wildman–Crippen LogP) is 5.17. The third-order valence-corrected chi connectivity index (χ3v) is 5.14. The largest absolute Gasteiger partial charge is 0.349 e. The van der Waals surface area contributed by atoms with Crippen LogP contribution in [0.25, 0.3) is 0 Å². The topological polar surface area (TPSA) is 21.7 Å². The van der Waals surface area contributed by atoms with E-state index in [2.05, 4.69) is 43.1 Å². The number of hydrogen-bond acceptors (Lipinski definition) is 3. The Kier molecular flexibility index (Phi) is 8.41. The van der Waals surface area contributed by atoms with E-state index in [4.69, 9.17) is 9.47 Å². The first-order valence-electron chi connectivity index (χ1n) is 10.1. The van der Waals surface area contributed by atoms with Crippen molar-refractivity contribution in [2.75, 3.05) is 20.3 Å². The minimum absolute atomic E-state index is 0.329. The third-order valence-electron chi connectivity index (χ3n) is 5.14. The molecule has 0 amide bonds. The lowest BCUT2D eigenvalue weighted by Crippen LogP contribution is -2.48. The van der Waals surface area contributed by atoms with E-state index in [9.17, 15) is 0 Å². The first-order valence-corrected chi connectivity index (χ1v) is 10.1. The summed E-state index contributed by atoms with van der Waals surface area (Å²) < 4.78 is 11.5. The molecule has 3 nitrogen and oxygen atoms in total. The minimum Gasteiger partial charge on any atom is -0.349 e. The summed E-state index contributed by atoms with van der Waals surface area (Å²) in [5.41, 5.74) is 2.83. The lowest BCUT2D eigenvalue weighted by molar-refractivity contribution is -0.263. The maximum Gasteiger partial charge on any atom is 0.162 e. The third kappa shape index (κ3) is 7.47. The fourth-order valence-electron chi connectivity index (χ4n) is 3.28. The average molecular weight is 348 g/mol. The molecule has 1 aromatic rings. The molecule has 0 spiro atoms. The van der Waals surface area contributed by atoms with E-state index in [0.717, 1.165) is 19.8 Å². The molecule has 25 heavy (non-hydrogen) atoms. The highest BCUT2D eigenvalue weighted by molar-refractivity contribution is 5.22. The van der Waals surface area contributed by atoms with Gasteiger partial charge in [0.25, 0.3) is 0 Å². The van der Waals surface area contributed by atoms with Crippen molar-refractivity contribution in [3.63, 3.8) is 0 Å². The van der Waals surface area contributed by atoms with Crippen LogP contribution in [-0.2, 0) is 22.4 Å². The summed E-state index contributed by atoms with van der Waals surface area (Å²) in [5.74, 6) is -0.435. The van der Waals surface area contributed by atoms with Gasteiger partial charge >= 0.3 is 0 Å². The van der Waals surface area contributed by atoms with Crippen molar-refractivity contribution in [1.82, 2.24) is 4.90 Å². The molecule has 1 fully saturated rings. The second kappa shape index (κ2) is 10.3. The molecule has 1 aliphatic heterocycles. The van der Waals surface area contributed by atoms with Gasteiger partial charge in [-0.15, -0.1) is 0 Å². The van der Waals surface area contributed by atoms with Crippen molar-refractivity contribution in [2.24, 2.45) is 0 Å². The van der Waals surface area contributed by atoms with Gasteiger partial charge < -0.3 is 9.47 Å². The minimum atomic E-state index is -0.435. The Labute approximate surface area is 154 Å². The van der Waals surface area contributed by atoms with Crippen LogP contribution < -0.4 is 0 Å². The molecule has 142 valence electrons. The summed E-state index contributed by atoms with van der Waals surface area (Å²) in [6.45, 7) is 8.64. The summed E-state index contributed by atoms with van der Waals surface area (Å²) in [4.78, 5) is 2.33. The van der Waals surface area contributed by atoms with Crippen LogP contribution in [0.4, 0.5) is 0 Å². The summed E-state index contributed by atoms with van der Waals surface area (Å²) in [6.07, 6.45) is 9.38. The molecule has 0 unspecified atom stereocenters. The Balaban J connectivity index is 1.69. The van der Waals surface area contributed by atoms with Crippen LogP contribution in [0.15, 0.2) is 24.3 Å². The number of benzene rings is 1. The Bertz CT molecular complexity index is 473. The molecule has 1 aliphatic rings. The summed E-state index contributed by atoms with van der Waals surface area (Å²) in [6, 6.07) is 9.48. The number of aryl methyl sites for hydroxylation is 1. The molecule has 0 bridgehead atoms. The fraction of sp³-hybridized carbons (Fsp3) is 0.727. The Morgan fingerprint density at radius 2 is 1.48 bits per heavy atom. The summed E-state index contributed by atoms with van der Waals surface area (Å²) >= 11 is 0. The molecule has 0 aromatic heterocycles. The molecule has 1 saturated heterocycles. The standard InChI is InChI=1S/C22H37NO2/c1-5-6-7-8-9-10-11-19-12-14-20(15-13-19)16-23(4)21-17-24-22(2,3)25-18-21/h12-15,21H,5-11,16-18H2,1-4H3. The first kappa shape index (κ1) is 20.4. The highest BCUT2D eigenvalue weighted by Crippen LogP contribution is 2.20. The lowest BCUT2D eigenvalue weighted by Gasteiger charge is -2.38. The van der Waals surface area contributed by atoms with Gasteiger partial charge in [-0.05, 0) is 44.9 Å². The van der Waals surface area contributed by atoms with Gasteiger partial charge in [0.15, 0.2) is 5.79 Å². The second-order valence-corrected chi connectivity index (χ2v) is 7.93. The maximum atomic E-state index is 5.77. The van der Waals surface area contributed by atoms with Gasteiger partial charge in [0.05, 0.1) is 19.3 Å². The van der Waals surface area contributed by atoms with Crippen LogP contribution in [-0.4, -0.2) is 37.0 Å². The van der Waals surface area contributed by atoms with Crippen LogP contribution in [0.1, 0.15) is 70.4 Å². The zero-order valence-electron chi connectivity index (χ0n) is 16.7. The van der Waals surface area contributed by atoms with Gasteiger partial charge in [0.2, 0.25) is 0 Å². The average Bonchev–Trinajstić information content (AvgIpc) is 2.59. The SMILES string of the molecule is CCCCCCCCc1ccc(CN(C)C2COC(C)(C)OC2)cc1. The molecule has 2 rings (SSSR count). The van der Waals surface area contributed by atoms with Gasteiger partial charge in [-0.2, -0.15) is 0 Å². The molecule has 0 aliphatic carbocycles. The van der Waals surface area contributed by atoms with Crippen molar-refractivity contribution in [1.29, 1.82) is 0 Å². The molecule has 1 aromatic carbocycles. The van der Waals surface area contributed by atoms with Crippen LogP contribution in [0.3, 0.4) is 0 Å². The summed E-state index contributed by atoms with van der Waals surface area (Å²) in [5, 5.41) is 0. The van der Waals surface area contributed by atoms with Crippen molar-refractivity contribution in [3.05, 3.63) is 35.4 Å². The Morgan fingerprint density at radius 3 is 2.12 bits per heavy atom. The number of unbranched alkanes of at least 4 members (excludes halogenated alkanes) is 5.